The van der Waals surface area contributed by atoms with Crippen LogP contribution in [0.4, 0.5) is 0 Å². The molecular formula is C16H28IN3O2S2. The molecule has 8 heteroatoms. The smallest absolute Gasteiger partial charge is 0.191 e. The van der Waals surface area contributed by atoms with Gasteiger partial charge in [-0.3, -0.25) is 4.99 Å². The van der Waals surface area contributed by atoms with E-state index in [0.717, 1.165) is 31.9 Å². The number of hydrogen-bond acceptors (Lipinski definition) is 4. The number of thiophene rings is 1. The van der Waals surface area contributed by atoms with Crippen LogP contribution in [0.5, 0.6) is 0 Å². The molecule has 0 amide bonds. The average molecular weight is 485 g/mol. The van der Waals surface area contributed by atoms with Crippen molar-refractivity contribution in [2.75, 3.05) is 31.6 Å². The van der Waals surface area contributed by atoms with Gasteiger partial charge in [-0.2, -0.15) is 0 Å². The fourth-order valence-electron chi connectivity index (χ4n) is 2.59. The van der Waals surface area contributed by atoms with E-state index in [0.29, 0.717) is 12.5 Å². The Labute approximate surface area is 166 Å². The van der Waals surface area contributed by atoms with E-state index in [-0.39, 0.29) is 35.1 Å². The van der Waals surface area contributed by atoms with Gasteiger partial charge in [0.2, 0.25) is 0 Å². The van der Waals surface area contributed by atoms with E-state index in [4.69, 9.17) is 0 Å². The van der Waals surface area contributed by atoms with Gasteiger partial charge in [0.1, 0.15) is 9.84 Å². The summed E-state index contributed by atoms with van der Waals surface area (Å²) in [5, 5.41) is 8.70. The highest BCUT2D eigenvalue weighted by molar-refractivity contribution is 14.0. The number of guanidine groups is 1. The number of hydrogen-bond donors (Lipinski definition) is 2. The van der Waals surface area contributed by atoms with Gasteiger partial charge in [-0.15, -0.1) is 35.3 Å². The van der Waals surface area contributed by atoms with Crippen molar-refractivity contribution in [3.8, 4) is 0 Å². The van der Waals surface area contributed by atoms with E-state index in [1.165, 1.54) is 11.1 Å². The molecule has 1 aromatic rings. The number of rotatable bonds is 8. The Morgan fingerprint density at radius 2 is 2.12 bits per heavy atom. The first-order valence-electron chi connectivity index (χ1n) is 8.07. The molecule has 0 radical (unpaired) electrons. The Bertz CT molecular complexity index is 626. The standard InChI is InChI=1S/C16H27N3O2S2.HI/c1-4-17-15(18-10-13(2)14-6-5-9-22-14)19-11-16(7-8-16)12-23(3,20)21;/h5-6,9,13H,4,7-8,10-12H2,1-3H3,(H2,17,18,19);1H. The van der Waals surface area contributed by atoms with Gasteiger partial charge in [-0.1, -0.05) is 13.0 Å². The van der Waals surface area contributed by atoms with Crippen LogP contribution in [0.3, 0.4) is 0 Å². The predicted molar refractivity (Wildman–Crippen MR) is 114 cm³/mol. The van der Waals surface area contributed by atoms with Crippen LogP contribution in [0.1, 0.15) is 37.5 Å². The number of nitrogens with one attached hydrogen (secondary N) is 2. The van der Waals surface area contributed by atoms with Crippen molar-refractivity contribution in [2.45, 2.75) is 32.6 Å². The molecule has 1 atom stereocenters. The average Bonchev–Trinajstić information content (AvgIpc) is 3.01. The van der Waals surface area contributed by atoms with Crippen LogP contribution in [0.25, 0.3) is 0 Å². The summed E-state index contributed by atoms with van der Waals surface area (Å²) < 4.78 is 23.1. The van der Waals surface area contributed by atoms with Crippen molar-refractivity contribution in [1.29, 1.82) is 0 Å². The molecule has 1 aromatic heterocycles. The van der Waals surface area contributed by atoms with Crippen LogP contribution >= 0.6 is 35.3 Å². The van der Waals surface area contributed by atoms with Crippen LogP contribution in [0, 0.1) is 5.41 Å². The number of sulfone groups is 1. The maximum Gasteiger partial charge on any atom is 0.191 e. The fraction of sp³-hybridized carbons (Fsp3) is 0.688. The number of nitrogens with zero attached hydrogens (tertiary/aromatic N) is 1. The zero-order chi connectivity index (χ0) is 16.9. The molecule has 24 heavy (non-hydrogen) atoms. The Balaban J connectivity index is 0.00000288. The van der Waals surface area contributed by atoms with Crippen molar-refractivity contribution in [1.82, 2.24) is 10.6 Å². The van der Waals surface area contributed by atoms with Crippen LogP contribution in [-0.4, -0.2) is 46.0 Å². The van der Waals surface area contributed by atoms with E-state index in [9.17, 15) is 8.42 Å². The molecule has 1 fully saturated rings. The molecular weight excluding hydrogens is 457 g/mol. The quantitative estimate of drug-likeness (QED) is 0.338. The van der Waals surface area contributed by atoms with Crippen molar-refractivity contribution < 1.29 is 8.42 Å². The lowest BCUT2D eigenvalue weighted by molar-refractivity contribution is 0.549. The predicted octanol–water partition coefficient (Wildman–Crippen LogP) is 2.85. The SMILES string of the molecule is CCNC(=NCC1(CS(C)(=O)=O)CC1)NCC(C)c1cccs1.I. The van der Waals surface area contributed by atoms with Gasteiger partial charge >= 0.3 is 0 Å². The second kappa shape index (κ2) is 9.38. The minimum absolute atomic E-state index is 0. The normalized spacial score (nSPS) is 17.7. The molecule has 2 rings (SSSR count). The van der Waals surface area contributed by atoms with E-state index in [1.54, 1.807) is 11.3 Å². The number of aliphatic imine (C=N–C) groups is 1. The summed E-state index contributed by atoms with van der Waals surface area (Å²) in [5.41, 5.74) is -0.130. The summed E-state index contributed by atoms with van der Waals surface area (Å²) in [4.78, 5) is 5.97. The summed E-state index contributed by atoms with van der Waals surface area (Å²) in [6.45, 7) is 6.39. The molecule has 1 aliphatic rings. The van der Waals surface area contributed by atoms with Crippen LogP contribution in [0.2, 0.25) is 0 Å². The number of halogens is 1. The molecule has 5 nitrogen and oxygen atoms in total. The third kappa shape index (κ3) is 7.26. The Morgan fingerprint density at radius 1 is 1.42 bits per heavy atom. The first-order chi connectivity index (χ1) is 10.8. The zero-order valence-electron chi connectivity index (χ0n) is 14.5. The summed E-state index contributed by atoms with van der Waals surface area (Å²) in [7, 11) is -2.94. The van der Waals surface area contributed by atoms with Gasteiger partial charge in [0, 0.05) is 42.1 Å². The summed E-state index contributed by atoms with van der Waals surface area (Å²) >= 11 is 1.76. The zero-order valence-corrected chi connectivity index (χ0v) is 18.5. The van der Waals surface area contributed by atoms with Crippen molar-refractivity contribution in [2.24, 2.45) is 10.4 Å². The molecule has 1 unspecified atom stereocenters. The van der Waals surface area contributed by atoms with Crippen molar-refractivity contribution in [3.05, 3.63) is 22.4 Å². The molecule has 1 saturated carbocycles. The topological polar surface area (TPSA) is 70.6 Å². The molecule has 138 valence electrons. The third-order valence-corrected chi connectivity index (χ3v) is 6.29. The molecule has 0 bridgehead atoms. The molecule has 0 aromatic carbocycles. The van der Waals surface area contributed by atoms with Gasteiger partial charge < -0.3 is 10.6 Å². The minimum atomic E-state index is -2.94. The monoisotopic (exact) mass is 485 g/mol. The fourth-order valence-corrected chi connectivity index (χ4v) is 4.87. The van der Waals surface area contributed by atoms with Gasteiger partial charge in [0.25, 0.3) is 0 Å². The first kappa shape index (κ1) is 21.7. The largest absolute Gasteiger partial charge is 0.357 e. The minimum Gasteiger partial charge on any atom is -0.357 e. The summed E-state index contributed by atoms with van der Waals surface area (Å²) in [6, 6.07) is 4.21. The van der Waals surface area contributed by atoms with E-state index < -0.39 is 9.84 Å². The highest BCUT2D eigenvalue weighted by atomic mass is 127. The van der Waals surface area contributed by atoms with Gasteiger partial charge in [-0.25, -0.2) is 8.42 Å². The van der Waals surface area contributed by atoms with Gasteiger partial charge in [-0.05, 0) is 31.2 Å². The summed E-state index contributed by atoms with van der Waals surface area (Å²) in [5.74, 6) is 1.44. The second-order valence-electron chi connectivity index (χ2n) is 6.56. The van der Waals surface area contributed by atoms with Gasteiger partial charge in [0.15, 0.2) is 5.96 Å². The molecule has 1 heterocycles. The van der Waals surface area contributed by atoms with Crippen molar-refractivity contribution in [3.63, 3.8) is 0 Å². The molecule has 0 aliphatic heterocycles. The van der Waals surface area contributed by atoms with Crippen LogP contribution in [-0.2, 0) is 9.84 Å². The second-order valence-corrected chi connectivity index (χ2v) is 9.68. The maximum atomic E-state index is 11.5. The highest BCUT2D eigenvalue weighted by Crippen LogP contribution is 2.46. The molecule has 0 saturated heterocycles. The van der Waals surface area contributed by atoms with E-state index in [2.05, 4.69) is 40.1 Å². The lowest BCUT2D eigenvalue weighted by atomic mass is 10.1. The van der Waals surface area contributed by atoms with Crippen molar-refractivity contribution >= 4 is 51.1 Å². The third-order valence-electron chi connectivity index (χ3n) is 4.05. The molecule has 1 aliphatic carbocycles. The Hall–Kier alpha value is -0.350. The molecule has 0 spiro atoms. The summed E-state index contributed by atoms with van der Waals surface area (Å²) in [6.07, 6.45) is 3.21. The maximum absolute atomic E-state index is 11.5. The lowest BCUT2D eigenvalue weighted by Gasteiger charge is -2.17. The van der Waals surface area contributed by atoms with Crippen LogP contribution in [0.15, 0.2) is 22.5 Å². The van der Waals surface area contributed by atoms with E-state index in [1.807, 2.05) is 6.92 Å². The first-order valence-corrected chi connectivity index (χ1v) is 11.0. The Morgan fingerprint density at radius 3 is 2.62 bits per heavy atom. The Kier molecular flexibility index (Phi) is 8.47. The van der Waals surface area contributed by atoms with Crippen LogP contribution < -0.4 is 10.6 Å². The molecule has 2 N–H and O–H groups in total. The van der Waals surface area contributed by atoms with E-state index >= 15 is 0 Å². The highest BCUT2D eigenvalue weighted by Gasteiger charge is 2.45. The van der Waals surface area contributed by atoms with Gasteiger partial charge in [0.05, 0.1) is 5.75 Å². The lowest BCUT2D eigenvalue weighted by Crippen LogP contribution is -2.39.